The van der Waals surface area contributed by atoms with Crippen molar-refractivity contribution in [2.24, 2.45) is 0 Å². The molecule has 0 radical (unpaired) electrons. The second kappa shape index (κ2) is 6.82. The maximum Gasteiger partial charge on any atom is 0.326 e. The van der Waals surface area contributed by atoms with Gasteiger partial charge in [0.05, 0.1) is 6.61 Å². The molecule has 0 aliphatic carbocycles. The fourth-order valence-electron chi connectivity index (χ4n) is 1.49. The van der Waals surface area contributed by atoms with Crippen LogP contribution in [0, 0.1) is 0 Å². The average Bonchev–Trinajstić information content (AvgIpc) is 2.21. The van der Waals surface area contributed by atoms with Crippen molar-refractivity contribution in [3.05, 3.63) is 0 Å². The first-order valence-corrected chi connectivity index (χ1v) is 5.59. The highest BCUT2D eigenvalue weighted by Gasteiger charge is 2.35. The third-order valence-corrected chi connectivity index (χ3v) is 2.59. The van der Waals surface area contributed by atoms with Crippen molar-refractivity contribution in [1.82, 2.24) is 5.32 Å². The van der Waals surface area contributed by atoms with E-state index < -0.39 is 5.54 Å². The molecule has 0 heterocycles. The maximum absolute atomic E-state index is 11.7. The number of carbonyl (C=O) groups is 1. The Balaban J connectivity index is 4.42. The van der Waals surface area contributed by atoms with Crippen molar-refractivity contribution < 1.29 is 9.53 Å². The molecule has 0 bridgehead atoms. The number of ether oxygens (including phenoxy) is 1. The molecule has 14 heavy (non-hydrogen) atoms. The van der Waals surface area contributed by atoms with E-state index in [1.165, 1.54) is 0 Å². The molecule has 0 unspecified atom stereocenters. The van der Waals surface area contributed by atoms with Crippen molar-refractivity contribution in [2.75, 3.05) is 13.2 Å². The van der Waals surface area contributed by atoms with Gasteiger partial charge >= 0.3 is 5.97 Å². The lowest BCUT2D eigenvalue weighted by molar-refractivity contribution is -0.151. The highest BCUT2D eigenvalue weighted by molar-refractivity contribution is 5.80. The Morgan fingerprint density at radius 3 is 2.14 bits per heavy atom. The van der Waals surface area contributed by atoms with E-state index >= 15 is 0 Å². The fourth-order valence-corrected chi connectivity index (χ4v) is 1.49. The molecule has 0 aromatic carbocycles. The van der Waals surface area contributed by atoms with Crippen LogP contribution in [0.15, 0.2) is 0 Å². The van der Waals surface area contributed by atoms with Gasteiger partial charge < -0.3 is 10.1 Å². The van der Waals surface area contributed by atoms with Crippen LogP contribution in [-0.4, -0.2) is 24.7 Å². The molecule has 0 aromatic heterocycles. The van der Waals surface area contributed by atoms with Crippen molar-refractivity contribution >= 4 is 5.97 Å². The first-order chi connectivity index (χ1) is 6.66. The summed E-state index contributed by atoms with van der Waals surface area (Å²) in [4.78, 5) is 11.7. The average molecular weight is 201 g/mol. The van der Waals surface area contributed by atoms with Gasteiger partial charge in [-0.05, 0) is 32.7 Å². The van der Waals surface area contributed by atoms with Crippen molar-refractivity contribution in [2.45, 2.75) is 52.5 Å². The summed E-state index contributed by atoms with van der Waals surface area (Å²) in [6.07, 6.45) is 2.59. The normalized spacial score (nSPS) is 11.4. The summed E-state index contributed by atoms with van der Waals surface area (Å²) in [5.74, 6) is -0.113. The number of hydrogen-bond donors (Lipinski definition) is 1. The van der Waals surface area contributed by atoms with E-state index in [0.717, 1.165) is 25.8 Å². The standard InChI is InChI=1S/C11H23NO2/c1-5-9-12-11(6-2,7-3)10(13)14-8-4/h12H,5-9H2,1-4H3. The monoisotopic (exact) mass is 201 g/mol. The van der Waals surface area contributed by atoms with Crippen LogP contribution in [0.4, 0.5) is 0 Å². The molecule has 0 aliphatic rings. The van der Waals surface area contributed by atoms with Gasteiger partial charge in [0.15, 0.2) is 0 Å². The van der Waals surface area contributed by atoms with Crippen LogP contribution in [0.2, 0.25) is 0 Å². The summed E-state index contributed by atoms with van der Waals surface area (Å²) in [6.45, 7) is 9.28. The zero-order chi connectivity index (χ0) is 11.0. The number of esters is 1. The van der Waals surface area contributed by atoms with Crippen LogP contribution < -0.4 is 5.32 Å². The Hall–Kier alpha value is -0.570. The molecule has 3 heteroatoms. The zero-order valence-corrected chi connectivity index (χ0v) is 9.85. The van der Waals surface area contributed by atoms with Gasteiger partial charge in [0, 0.05) is 0 Å². The van der Waals surface area contributed by atoms with Gasteiger partial charge in [-0.1, -0.05) is 20.8 Å². The molecule has 0 amide bonds. The highest BCUT2D eigenvalue weighted by atomic mass is 16.5. The molecule has 0 aliphatic heterocycles. The molecule has 1 N–H and O–H groups in total. The Morgan fingerprint density at radius 2 is 1.79 bits per heavy atom. The first kappa shape index (κ1) is 13.4. The van der Waals surface area contributed by atoms with Gasteiger partial charge in [0.1, 0.15) is 5.54 Å². The van der Waals surface area contributed by atoms with Gasteiger partial charge in [0.2, 0.25) is 0 Å². The van der Waals surface area contributed by atoms with Gasteiger partial charge in [0.25, 0.3) is 0 Å². The van der Waals surface area contributed by atoms with E-state index in [2.05, 4.69) is 12.2 Å². The maximum atomic E-state index is 11.7. The molecule has 84 valence electrons. The van der Waals surface area contributed by atoms with E-state index in [1.807, 2.05) is 20.8 Å². The molecule has 0 spiro atoms. The van der Waals surface area contributed by atoms with Crippen LogP contribution in [0.5, 0.6) is 0 Å². The molecular weight excluding hydrogens is 178 g/mol. The van der Waals surface area contributed by atoms with E-state index in [-0.39, 0.29) is 5.97 Å². The highest BCUT2D eigenvalue weighted by Crippen LogP contribution is 2.17. The summed E-state index contributed by atoms with van der Waals surface area (Å²) in [5, 5.41) is 3.29. The van der Waals surface area contributed by atoms with E-state index in [1.54, 1.807) is 0 Å². The predicted molar refractivity (Wildman–Crippen MR) is 58.2 cm³/mol. The largest absolute Gasteiger partial charge is 0.465 e. The second-order valence-electron chi connectivity index (χ2n) is 3.44. The van der Waals surface area contributed by atoms with Crippen LogP contribution in [0.3, 0.4) is 0 Å². The van der Waals surface area contributed by atoms with Gasteiger partial charge in [-0.25, -0.2) is 0 Å². The minimum absolute atomic E-state index is 0.113. The first-order valence-electron chi connectivity index (χ1n) is 5.59. The summed E-state index contributed by atoms with van der Waals surface area (Å²) >= 11 is 0. The summed E-state index contributed by atoms with van der Waals surface area (Å²) in [7, 11) is 0. The molecule has 0 atom stereocenters. The summed E-state index contributed by atoms with van der Waals surface area (Å²) in [5.41, 5.74) is -0.466. The number of hydrogen-bond acceptors (Lipinski definition) is 3. The van der Waals surface area contributed by atoms with Crippen molar-refractivity contribution in [3.8, 4) is 0 Å². The Labute approximate surface area is 87.2 Å². The van der Waals surface area contributed by atoms with Crippen molar-refractivity contribution in [1.29, 1.82) is 0 Å². The third kappa shape index (κ3) is 3.29. The Kier molecular flexibility index (Phi) is 6.54. The van der Waals surface area contributed by atoms with Gasteiger partial charge in [-0.15, -0.1) is 0 Å². The van der Waals surface area contributed by atoms with Crippen molar-refractivity contribution in [3.63, 3.8) is 0 Å². The molecule has 0 fully saturated rings. The van der Waals surface area contributed by atoms with E-state index in [9.17, 15) is 4.79 Å². The summed E-state index contributed by atoms with van der Waals surface area (Å²) < 4.78 is 5.08. The Morgan fingerprint density at radius 1 is 1.21 bits per heavy atom. The lowest BCUT2D eigenvalue weighted by Gasteiger charge is -2.30. The summed E-state index contributed by atoms with van der Waals surface area (Å²) in [6, 6.07) is 0. The fraction of sp³-hybridized carbons (Fsp3) is 0.909. The number of nitrogens with one attached hydrogen (secondary N) is 1. The quantitative estimate of drug-likeness (QED) is 0.641. The molecule has 0 rings (SSSR count). The smallest absolute Gasteiger partial charge is 0.326 e. The number of rotatable bonds is 7. The van der Waals surface area contributed by atoms with E-state index in [0.29, 0.717) is 6.61 Å². The Bertz CT molecular complexity index is 165. The van der Waals surface area contributed by atoms with Gasteiger partial charge in [-0.2, -0.15) is 0 Å². The molecular formula is C11H23NO2. The van der Waals surface area contributed by atoms with Crippen LogP contribution in [-0.2, 0) is 9.53 Å². The predicted octanol–water partition coefficient (Wildman–Crippen LogP) is 2.11. The molecule has 3 nitrogen and oxygen atoms in total. The molecule has 0 saturated carbocycles. The topological polar surface area (TPSA) is 38.3 Å². The number of carbonyl (C=O) groups excluding carboxylic acids is 1. The second-order valence-corrected chi connectivity index (χ2v) is 3.44. The van der Waals surface area contributed by atoms with Crippen LogP contribution in [0.25, 0.3) is 0 Å². The SMILES string of the molecule is CCCNC(CC)(CC)C(=O)OCC. The van der Waals surface area contributed by atoms with Crippen LogP contribution in [0.1, 0.15) is 47.0 Å². The van der Waals surface area contributed by atoms with Crippen LogP contribution >= 0.6 is 0 Å². The molecule has 0 saturated heterocycles. The lowest BCUT2D eigenvalue weighted by atomic mass is 9.93. The minimum Gasteiger partial charge on any atom is -0.465 e. The minimum atomic E-state index is -0.466. The third-order valence-electron chi connectivity index (χ3n) is 2.59. The molecule has 0 aromatic rings. The lowest BCUT2D eigenvalue weighted by Crippen LogP contribution is -2.52. The van der Waals surface area contributed by atoms with Gasteiger partial charge in [-0.3, -0.25) is 4.79 Å². The zero-order valence-electron chi connectivity index (χ0n) is 9.85. The van der Waals surface area contributed by atoms with E-state index in [4.69, 9.17) is 4.74 Å².